The van der Waals surface area contributed by atoms with E-state index in [2.05, 4.69) is 14.9 Å². The number of pyridine rings is 2. The molecule has 0 N–H and O–H groups in total. The zero-order valence-electron chi connectivity index (χ0n) is 12.8. The Morgan fingerprint density at radius 1 is 1.14 bits per heavy atom. The highest BCUT2D eigenvalue weighted by Crippen LogP contribution is 2.25. The van der Waals surface area contributed by atoms with E-state index >= 15 is 0 Å². The maximum absolute atomic E-state index is 11.5. The summed E-state index contributed by atoms with van der Waals surface area (Å²) in [6.07, 6.45) is 2.81. The van der Waals surface area contributed by atoms with Crippen LogP contribution in [0.3, 0.4) is 0 Å². The van der Waals surface area contributed by atoms with Gasteiger partial charge in [0.2, 0.25) is 0 Å². The lowest BCUT2D eigenvalue weighted by Crippen LogP contribution is -2.45. The molecule has 5 nitrogen and oxygen atoms in total. The minimum absolute atomic E-state index is 0.138. The van der Waals surface area contributed by atoms with Crippen molar-refractivity contribution < 1.29 is 9.53 Å². The van der Waals surface area contributed by atoms with Gasteiger partial charge in [0.25, 0.3) is 0 Å². The summed E-state index contributed by atoms with van der Waals surface area (Å²) in [7, 11) is 0. The predicted octanol–water partition coefficient (Wildman–Crippen LogP) is 2.57. The average molecular weight is 297 g/mol. The second-order valence-corrected chi connectivity index (χ2v) is 5.60. The topological polar surface area (TPSA) is 55.3 Å². The Kier molecular flexibility index (Phi) is 4.15. The van der Waals surface area contributed by atoms with Crippen molar-refractivity contribution in [2.75, 3.05) is 18.0 Å². The fourth-order valence-electron chi connectivity index (χ4n) is 2.85. The minimum Gasteiger partial charge on any atom is -0.372 e. The lowest BCUT2D eigenvalue weighted by Gasteiger charge is -2.37. The summed E-state index contributed by atoms with van der Waals surface area (Å²) in [6, 6.07) is 9.51. The van der Waals surface area contributed by atoms with E-state index in [-0.39, 0.29) is 12.2 Å². The molecule has 0 radical (unpaired) electrons. The molecule has 2 aromatic heterocycles. The van der Waals surface area contributed by atoms with E-state index < -0.39 is 0 Å². The third kappa shape index (κ3) is 2.99. The van der Waals surface area contributed by atoms with E-state index in [0.29, 0.717) is 11.4 Å². The van der Waals surface area contributed by atoms with E-state index in [1.807, 2.05) is 44.2 Å². The van der Waals surface area contributed by atoms with Gasteiger partial charge in [-0.15, -0.1) is 0 Å². The molecule has 0 unspecified atom stereocenters. The first-order chi connectivity index (χ1) is 10.7. The van der Waals surface area contributed by atoms with E-state index in [1.54, 1.807) is 6.20 Å². The molecule has 1 aliphatic heterocycles. The van der Waals surface area contributed by atoms with Gasteiger partial charge in [0, 0.05) is 19.3 Å². The van der Waals surface area contributed by atoms with Crippen molar-refractivity contribution in [3.8, 4) is 11.4 Å². The number of carbonyl (C=O) groups excluding carboxylic acids is 1. The molecule has 1 fully saturated rings. The van der Waals surface area contributed by atoms with Gasteiger partial charge in [-0.1, -0.05) is 6.07 Å². The minimum atomic E-state index is 0.138. The number of hydrogen-bond donors (Lipinski definition) is 0. The van der Waals surface area contributed by atoms with Crippen LogP contribution in [0.15, 0.2) is 36.5 Å². The number of nitrogens with zero attached hydrogens (tertiary/aromatic N) is 3. The highest BCUT2D eigenvalue weighted by molar-refractivity contribution is 5.83. The van der Waals surface area contributed by atoms with Crippen LogP contribution in [-0.4, -0.2) is 41.6 Å². The molecule has 0 bridgehead atoms. The van der Waals surface area contributed by atoms with E-state index in [0.717, 1.165) is 30.8 Å². The Bertz CT molecular complexity index is 650. The second kappa shape index (κ2) is 6.23. The van der Waals surface area contributed by atoms with Crippen molar-refractivity contribution in [2.45, 2.75) is 26.1 Å². The zero-order chi connectivity index (χ0) is 15.5. The standard InChI is InChI=1S/C17H19N3O2/c1-12-9-20(10-13(2)22-12)17-7-6-15(19-16(17)11-21)14-5-3-4-8-18-14/h3-8,11-13H,9-10H2,1-2H3/t12-,13+. The lowest BCUT2D eigenvalue weighted by atomic mass is 10.1. The van der Waals surface area contributed by atoms with Gasteiger partial charge in [0.05, 0.1) is 29.3 Å². The molecule has 2 aromatic rings. The summed E-state index contributed by atoms with van der Waals surface area (Å²) >= 11 is 0. The Morgan fingerprint density at radius 3 is 2.55 bits per heavy atom. The van der Waals surface area contributed by atoms with Gasteiger partial charge in [0.15, 0.2) is 6.29 Å². The van der Waals surface area contributed by atoms with Crippen LogP contribution < -0.4 is 4.90 Å². The molecule has 1 aliphatic rings. The molecule has 5 heteroatoms. The third-order valence-corrected chi connectivity index (χ3v) is 3.70. The normalized spacial score (nSPS) is 21.6. The zero-order valence-corrected chi connectivity index (χ0v) is 12.8. The predicted molar refractivity (Wildman–Crippen MR) is 85.1 cm³/mol. The number of ether oxygens (including phenoxy) is 1. The van der Waals surface area contributed by atoms with Crippen molar-refractivity contribution in [3.63, 3.8) is 0 Å². The Balaban J connectivity index is 1.94. The van der Waals surface area contributed by atoms with Gasteiger partial charge in [-0.3, -0.25) is 9.78 Å². The van der Waals surface area contributed by atoms with E-state index in [9.17, 15) is 4.79 Å². The van der Waals surface area contributed by atoms with Crippen LogP contribution in [-0.2, 0) is 4.74 Å². The fraction of sp³-hybridized carbons (Fsp3) is 0.353. The summed E-state index contributed by atoms with van der Waals surface area (Å²) < 4.78 is 5.74. The molecule has 114 valence electrons. The van der Waals surface area contributed by atoms with Crippen LogP contribution in [0.4, 0.5) is 5.69 Å². The van der Waals surface area contributed by atoms with Gasteiger partial charge in [-0.25, -0.2) is 4.98 Å². The van der Waals surface area contributed by atoms with Crippen molar-refractivity contribution in [1.29, 1.82) is 0 Å². The Labute approximate surface area is 130 Å². The SMILES string of the molecule is C[C@@H]1CN(c2ccc(-c3ccccn3)nc2C=O)C[C@H](C)O1. The number of anilines is 1. The molecule has 2 atom stereocenters. The van der Waals surface area contributed by atoms with Crippen molar-refractivity contribution in [1.82, 2.24) is 9.97 Å². The molecule has 0 amide bonds. The average Bonchev–Trinajstić information content (AvgIpc) is 2.54. The maximum atomic E-state index is 11.5. The number of aldehydes is 1. The largest absolute Gasteiger partial charge is 0.372 e. The van der Waals surface area contributed by atoms with Crippen molar-refractivity contribution >= 4 is 12.0 Å². The highest BCUT2D eigenvalue weighted by Gasteiger charge is 2.24. The molecule has 3 heterocycles. The highest BCUT2D eigenvalue weighted by atomic mass is 16.5. The van der Waals surface area contributed by atoms with Gasteiger partial charge in [-0.05, 0) is 38.1 Å². The summed E-state index contributed by atoms with van der Waals surface area (Å²) in [6.45, 7) is 5.60. The first-order valence-corrected chi connectivity index (χ1v) is 7.45. The van der Waals surface area contributed by atoms with E-state index in [4.69, 9.17) is 4.74 Å². The molecule has 0 spiro atoms. The van der Waals surface area contributed by atoms with Crippen molar-refractivity contribution in [3.05, 3.63) is 42.2 Å². The number of aromatic nitrogens is 2. The maximum Gasteiger partial charge on any atom is 0.170 e. The third-order valence-electron chi connectivity index (χ3n) is 3.70. The van der Waals surface area contributed by atoms with Gasteiger partial charge in [-0.2, -0.15) is 0 Å². The summed E-state index contributed by atoms with van der Waals surface area (Å²) in [5, 5.41) is 0. The van der Waals surface area contributed by atoms with Gasteiger partial charge in [0.1, 0.15) is 5.69 Å². The fourth-order valence-corrected chi connectivity index (χ4v) is 2.85. The Hall–Kier alpha value is -2.27. The molecule has 22 heavy (non-hydrogen) atoms. The molecule has 0 aliphatic carbocycles. The van der Waals surface area contributed by atoms with Gasteiger partial charge < -0.3 is 9.64 Å². The quantitative estimate of drug-likeness (QED) is 0.815. The van der Waals surface area contributed by atoms with Crippen LogP contribution in [0, 0.1) is 0 Å². The molecular weight excluding hydrogens is 278 g/mol. The van der Waals surface area contributed by atoms with Crippen LogP contribution in [0.25, 0.3) is 11.4 Å². The monoisotopic (exact) mass is 297 g/mol. The number of morpholine rings is 1. The Morgan fingerprint density at radius 2 is 1.91 bits per heavy atom. The van der Waals surface area contributed by atoms with E-state index in [1.165, 1.54) is 0 Å². The second-order valence-electron chi connectivity index (χ2n) is 5.60. The van der Waals surface area contributed by atoms with Crippen LogP contribution in [0.5, 0.6) is 0 Å². The van der Waals surface area contributed by atoms with Crippen LogP contribution >= 0.6 is 0 Å². The summed E-state index contributed by atoms with van der Waals surface area (Å²) in [4.78, 5) is 22.4. The molecule has 0 saturated carbocycles. The summed E-state index contributed by atoms with van der Waals surface area (Å²) in [5.41, 5.74) is 2.78. The molecule has 1 saturated heterocycles. The molecule has 3 rings (SSSR count). The van der Waals surface area contributed by atoms with Crippen LogP contribution in [0.1, 0.15) is 24.3 Å². The van der Waals surface area contributed by atoms with Crippen LogP contribution in [0.2, 0.25) is 0 Å². The summed E-state index contributed by atoms with van der Waals surface area (Å²) in [5.74, 6) is 0. The van der Waals surface area contributed by atoms with Crippen molar-refractivity contribution in [2.24, 2.45) is 0 Å². The van der Waals surface area contributed by atoms with Gasteiger partial charge >= 0.3 is 0 Å². The number of hydrogen-bond acceptors (Lipinski definition) is 5. The lowest BCUT2D eigenvalue weighted by molar-refractivity contribution is -0.00527. The smallest absolute Gasteiger partial charge is 0.170 e. The molecular formula is C17H19N3O2. The number of carbonyl (C=O) groups is 1. The first-order valence-electron chi connectivity index (χ1n) is 7.45. The number of rotatable bonds is 3. The first kappa shape index (κ1) is 14.7. The molecule has 0 aromatic carbocycles.